The van der Waals surface area contributed by atoms with Gasteiger partial charge in [0.05, 0.1) is 16.0 Å². The fraction of sp³-hybridized carbons (Fsp3) is 0.462. The Morgan fingerprint density at radius 3 is 3.15 bits per heavy atom. The molecule has 0 unspecified atom stereocenters. The molecule has 3 rings (SSSR count). The fourth-order valence-electron chi connectivity index (χ4n) is 2.65. The van der Waals surface area contributed by atoms with E-state index in [9.17, 15) is 15.2 Å². The van der Waals surface area contributed by atoms with Gasteiger partial charge in [-0.15, -0.1) is 0 Å². The van der Waals surface area contributed by atoms with Gasteiger partial charge >= 0.3 is 0 Å². The molecular weight excluding hydrogens is 260 g/mol. The average Bonchev–Trinajstić information content (AvgIpc) is 2.90. The quantitative estimate of drug-likeness (QED) is 0.657. The molecule has 106 valence electrons. The SMILES string of the molecule is O=[N+]([O-])c1ccc2nc(N3CCC[C@@H](CO)C3)[nH]c2c1. The minimum absolute atomic E-state index is 0.0552. The number of hydrogen-bond acceptors (Lipinski definition) is 5. The van der Waals surface area contributed by atoms with Gasteiger partial charge in [0.25, 0.3) is 5.69 Å². The fourth-order valence-corrected chi connectivity index (χ4v) is 2.65. The maximum Gasteiger partial charge on any atom is 0.271 e. The maximum atomic E-state index is 10.8. The van der Waals surface area contributed by atoms with Crippen LogP contribution in [0.25, 0.3) is 11.0 Å². The van der Waals surface area contributed by atoms with Gasteiger partial charge in [-0.05, 0) is 24.8 Å². The summed E-state index contributed by atoms with van der Waals surface area (Å²) in [5.41, 5.74) is 1.44. The van der Waals surface area contributed by atoms with Crippen molar-refractivity contribution < 1.29 is 10.0 Å². The van der Waals surface area contributed by atoms with Gasteiger partial charge in [0.15, 0.2) is 0 Å². The molecule has 1 saturated heterocycles. The minimum Gasteiger partial charge on any atom is -0.396 e. The number of hydrogen-bond donors (Lipinski definition) is 2. The zero-order valence-electron chi connectivity index (χ0n) is 11.0. The zero-order chi connectivity index (χ0) is 14.1. The second kappa shape index (κ2) is 5.09. The van der Waals surface area contributed by atoms with Crippen molar-refractivity contribution in [3.05, 3.63) is 28.3 Å². The lowest BCUT2D eigenvalue weighted by Crippen LogP contribution is -2.37. The Hall–Kier alpha value is -2.15. The lowest BCUT2D eigenvalue weighted by molar-refractivity contribution is -0.384. The normalized spacial score (nSPS) is 19.4. The van der Waals surface area contributed by atoms with Crippen LogP contribution in [0.15, 0.2) is 18.2 Å². The van der Waals surface area contributed by atoms with Gasteiger partial charge < -0.3 is 15.0 Å². The maximum absolute atomic E-state index is 10.8. The van der Waals surface area contributed by atoms with Crippen molar-refractivity contribution in [2.24, 2.45) is 5.92 Å². The molecular formula is C13H16N4O3. The number of piperidine rings is 1. The highest BCUT2D eigenvalue weighted by Crippen LogP contribution is 2.25. The van der Waals surface area contributed by atoms with Gasteiger partial charge in [0.2, 0.25) is 5.95 Å². The van der Waals surface area contributed by atoms with Gasteiger partial charge in [-0.25, -0.2) is 4.98 Å². The molecule has 7 nitrogen and oxygen atoms in total. The highest BCUT2D eigenvalue weighted by Gasteiger charge is 2.22. The summed E-state index contributed by atoms with van der Waals surface area (Å²) in [6.45, 7) is 1.83. The number of imidazole rings is 1. The highest BCUT2D eigenvalue weighted by atomic mass is 16.6. The molecule has 1 aromatic carbocycles. The number of rotatable bonds is 3. The zero-order valence-corrected chi connectivity index (χ0v) is 11.0. The van der Waals surface area contributed by atoms with E-state index in [1.807, 2.05) is 0 Å². The molecule has 0 aliphatic carbocycles. The van der Waals surface area contributed by atoms with Crippen molar-refractivity contribution in [1.29, 1.82) is 0 Å². The van der Waals surface area contributed by atoms with Gasteiger partial charge in [-0.3, -0.25) is 10.1 Å². The number of non-ortho nitro benzene ring substituents is 1. The number of nitro groups is 1. The van der Waals surface area contributed by atoms with E-state index in [0.717, 1.165) is 37.4 Å². The Morgan fingerprint density at radius 2 is 2.40 bits per heavy atom. The second-order valence-electron chi connectivity index (χ2n) is 5.16. The number of nitrogens with one attached hydrogen (secondary N) is 1. The van der Waals surface area contributed by atoms with Crippen molar-refractivity contribution in [2.45, 2.75) is 12.8 Å². The van der Waals surface area contributed by atoms with Crippen molar-refractivity contribution >= 4 is 22.7 Å². The monoisotopic (exact) mass is 276 g/mol. The minimum atomic E-state index is -0.414. The van der Waals surface area contributed by atoms with Crippen LogP contribution in [0.1, 0.15) is 12.8 Å². The number of aromatic nitrogens is 2. The van der Waals surface area contributed by atoms with Crippen LogP contribution in [0.5, 0.6) is 0 Å². The number of nitrogens with zero attached hydrogens (tertiary/aromatic N) is 3. The molecule has 2 N–H and O–H groups in total. The molecule has 0 spiro atoms. The molecule has 1 atom stereocenters. The van der Waals surface area contributed by atoms with Crippen LogP contribution in [0.3, 0.4) is 0 Å². The third-order valence-corrected chi connectivity index (χ3v) is 3.74. The van der Waals surface area contributed by atoms with Crippen LogP contribution >= 0.6 is 0 Å². The lowest BCUT2D eigenvalue weighted by atomic mass is 9.99. The topological polar surface area (TPSA) is 95.3 Å². The summed E-state index contributed by atoms with van der Waals surface area (Å²) >= 11 is 0. The standard InChI is InChI=1S/C13H16N4O3/c18-8-9-2-1-5-16(7-9)13-14-11-4-3-10(17(19)20)6-12(11)15-13/h3-4,6,9,18H,1-2,5,7-8H2,(H,14,15)/t9-/m1/s1. The largest absolute Gasteiger partial charge is 0.396 e. The third kappa shape index (κ3) is 2.32. The molecule has 0 bridgehead atoms. The second-order valence-corrected chi connectivity index (χ2v) is 5.16. The Bertz CT molecular complexity index is 640. The van der Waals surface area contributed by atoms with Gasteiger partial charge in [-0.2, -0.15) is 0 Å². The van der Waals surface area contributed by atoms with E-state index in [4.69, 9.17) is 0 Å². The summed E-state index contributed by atoms with van der Waals surface area (Å²) in [6.07, 6.45) is 2.04. The molecule has 0 amide bonds. The molecule has 7 heteroatoms. The number of H-pyrrole nitrogens is 1. The van der Waals surface area contributed by atoms with Gasteiger partial charge in [-0.1, -0.05) is 0 Å². The first-order valence-electron chi connectivity index (χ1n) is 6.67. The number of fused-ring (bicyclic) bond motifs is 1. The van der Waals surface area contributed by atoms with Gasteiger partial charge in [0.1, 0.15) is 0 Å². The number of anilines is 1. The molecule has 0 saturated carbocycles. The molecule has 2 heterocycles. The van der Waals surface area contributed by atoms with Crippen LogP contribution in [0.2, 0.25) is 0 Å². The van der Waals surface area contributed by atoms with E-state index in [2.05, 4.69) is 14.9 Å². The summed E-state index contributed by atoms with van der Waals surface area (Å²) in [7, 11) is 0. The Labute approximate surface area is 115 Å². The van der Waals surface area contributed by atoms with E-state index < -0.39 is 4.92 Å². The molecule has 1 aliphatic heterocycles. The Morgan fingerprint density at radius 1 is 1.55 bits per heavy atom. The molecule has 0 radical (unpaired) electrons. The number of aliphatic hydroxyl groups is 1. The highest BCUT2D eigenvalue weighted by molar-refractivity contribution is 5.80. The molecule has 20 heavy (non-hydrogen) atoms. The summed E-state index contributed by atoms with van der Waals surface area (Å²) in [4.78, 5) is 20.1. The average molecular weight is 276 g/mol. The third-order valence-electron chi connectivity index (χ3n) is 3.74. The lowest BCUT2D eigenvalue weighted by Gasteiger charge is -2.31. The van der Waals surface area contributed by atoms with Crippen LogP contribution < -0.4 is 4.90 Å². The predicted molar refractivity (Wildman–Crippen MR) is 74.8 cm³/mol. The summed E-state index contributed by atoms with van der Waals surface area (Å²) in [6, 6.07) is 4.61. The number of benzene rings is 1. The first kappa shape index (κ1) is 12.9. The van der Waals surface area contributed by atoms with E-state index >= 15 is 0 Å². The van der Waals surface area contributed by atoms with E-state index in [0.29, 0.717) is 5.52 Å². The van der Waals surface area contributed by atoms with Crippen molar-refractivity contribution in [1.82, 2.24) is 9.97 Å². The van der Waals surface area contributed by atoms with Crippen molar-refractivity contribution in [2.75, 3.05) is 24.6 Å². The number of aliphatic hydroxyl groups excluding tert-OH is 1. The number of aromatic amines is 1. The Balaban J connectivity index is 1.90. The summed E-state index contributed by atoms with van der Waals surface area (Å²) in [5, 5.41) is 20.0. The molecule has 1 aliphatic rings. The van der Waals surface area contributed by atoms with E-state index in [1.54, 1.807) is 6.07 Å². The van der Waals surface area contributed by atoms with Crippen molar-refractivity contribution in [3.8, 4) is 0 Å². The molecule has 1 fully saturated rings. The summed E-state index contributed by atoms with van der Waals surface area (Å²) in [5.74, 6) is 0.991. The Kier molecular flexibility index (Phi) is 3.27. The van der Waals surface area contributed by atoms with Crippen molar-refractivity contribution in [3.63, 3.8) is 0 Å². The molecule has 1 aromatic heterocycles. The van der Waals surface area contributed by atoms with E-state index in [1.165, 1.54) is 12.1 Å². The van der Waals surface area contributed by atoms with E-state index in [-0.39, 0.29) is 18.2 Å². The van der Waals surface area contributed by atoms with Crippen LogP contribution in [-0.4, -0.2) is 39.7 Å². The van der Waals surface area contributed by atoms with Crippen LogP contribution in [0, 0.1) is 16.0 Å². The first-order valence-corrected chi connectivity index (χ1v) is 6.67. The van der Waals surface area contributed by atoms with Gasteiger partial charge in [0, 0.05) is 31.8 Å². The van der Waals surface area contributed by atoms with Crippen LogP contribution in [-0.2, 0) is 0 Å². The predicted octanol–water partition coefficient (Wildman–Crippen LogP) is 1.68. The first-order chi connectivity index (χ1) is 9.67. The number of nitro benzene ring substituents is 1. The smallest absolute Gasteiger partial charge is 0.271 e. The molecule has 2 aromatic rings. The summed E-state index contributed by atoms with van der Waals surface area (Å²) < 4.78 is 0. The van der Waals surface area contributed by atoms with Crippen LogP contribution in [0.4, 0.5) is 11.6 Å².